The fraction of sp³-hybridized carbons (Fsp3) is 0.636. The van der Waals surface area contributed by atoms with Crippen LogP contribution in [0.2, 0.25) is 0 Å². The van der Waals surface area contributed by atoms with E-state index in [0.717, 1.165) is 11.0 Å². The highest BCUT2D eigenvalue weighted by Crippen LogP contribution is 2.37. The lowest BCUT2D eigenvalue weighted by molar-refractivity contribution is -0.160. The van der Waals surface area contributed by atoms with Gasteiger partial charge in [0.05, 0.1) is 30.5 Å². The van der Waals surface area contributed by atoms with E-state index in [1.54, 1.807) is 26.8 Å². The first-order valence-corrected chi connectivity index (χ1v) is 10.0. The molecule has 0 atom stereocenters. The standard InChI is InChI=1S/C22H33BO7/c1-14-16(19(25)26-9)10-15(12-27-13-18(24)28-20(2,3)4)11-17(14)23-29-21(5,6)22(7,8)30-23/h10-11H,12-13H2,1-9H3. The van der Waals surface area contributed by atoms with Gasteiger partial charge in [-0.1, -0.05) is 6.07 Å². The molecule has 1 fully saturated rings. The Morgan fingerprint density at radius 3 is 2.13 bits per heavy atom. The molecule has 0 spiro atoms. The number of esters is 2. The highest BCUT2D eigenvalue weighted by Gasteiger charge is 2.52. The van der Waals surface area contributed by atoms with Crippen LogP contribution in [-0.2, 0) is 34.9 Å². The number of methoxy groups -OCH3 is 1. The molecule has 2 rings (SSSR count). The molecular formula is C22H33BO7. The second-order valence-corrected chi connectivity index (χ2v) is 9.52. The van der Waals surface area contributed by atoms with E-state index < -0.39 is 35.9 Å². The molecule has 0 aliphatic carbocycles. The summed E-state index contributed by atoms with van der Waals surface area (Å²) in [4.78, 5) is 24.2. The summed E-state index contributed by atoms with van der Waals surface area (Å²) in [6.45, 7) is 15.0. The van der Waals surface area contributed by atoms with Crippen LogP contribution in [0.3, 0.4) is 0 Å². The van der Waals surface area contributed by atoms with Crippen LogP contribution in [0.1, 0.15) is 70.0 Å². The van der Waals surface area contributed by atoms with Crippen molar-refractivity contribution in [3.8, 4) is 0 Å². The molecule has 1 aliphatic rings. The molecule has 1 heterocycles. The minimum Gasteiger partial charge on any atom is -0.465 e. The monoisotopic (exact) mass is 420 g/mol. The number of carbonyl (C=O) groups is 2. The zero-order valence-corrected chi connectivity index (χ0v) is 19.5. The molecule has 0 unspecified atom stereocenters. The third kappa shape index (κ3) is 5.62. The molecule has 0 saturated carbocycles. The van der Waals surface area contributed by atoms with E-state index in [1.165, 1.54) is 7.11 Å². The van der Waals surface area contributed by atoms with Crippen LogP contribution in [0.25, 0.3) is 0 Å². The van der Waals surface area contributed by atoms with Gasteiger partial charge in [-0.15, -0.1) is 0 Å². The maximum atomic E-state index is 12.3. The molecule has 0 amide bonds. The summed E-state index contributed by atoms with van der Waals surface area (Å²) in [7, 11) is 0.700. The smallest absolute Gasteiger partial charge is 0.465 e. The quantitative estimate of drug-likeness (QED) is 0.517. The van der Waals surface area contributed by atoms with E-state index in [2.05, 4.69) is 0 Å². The average molecular weight is 420 g/mol. The molecule has 8 heteroatoms. The minimum atomic E-state index is -0.635. The van der Waals surface area contributed by atoms with Crippen LogP contribution in [-0.4, -0.2) is 49.6 Å². The van der Waals surface area contributed by atoms with Crippen LogP contribution in [0.5, 0.6) is 0 Å². The van der Waals surface area contributed by atoms with Crippen molar-refractivity contribution in [3.05, 3.63) is 28.8 Å². The summed E-state index contributed by atoms with van der Waals surface area (Å²) in [5, 5.41) is 0. The van der Waals surface area contributed by atoms with Crippen LogP contribution in [0.4, 0.5) is 0 Å². The van der Waals surface area contributed by atoms with E-state index in [9.17, 15) is 9.59 Å². The highest BCUT2D eigenvalue weighted by molar-refractivity contribution is 6.62. The predicted molar refractivity (Wildman–Crippen MR) is 114 cm³/mol. The number of carbonyl (C=O) groups excluding carboxylic acids is 2. The summed E-state index contributed by atoms with van der Waals surface area (Å²) in [5.41, 5.74) is 0.947. The largest absolute Gasteiger partial charge is 0.495 e. The maximum Gasteiger partial charge on any atom is 0.495 e. The Morgan fingerprint density at radius 2 is 1.63 bits per heavy atom. The summed E-state index contributed by atoms with van der Waals surface area (Å²) in [5.74, 6) is -0.909. The van der Waals surface area contributed by atoms with Crippen molar-refractivity contribution >= 4 is 24.5 Å². The van der Waals surface area contributed by atoms with Gasteiger partial charge < -0.3 is 23.5 Å². The zero-order valence-electron chi connectivity index (χ0n) is 19.5. The molecule has 1 aromatic carbocycles. The molecule has 0 bridgehead atoms. The Labute approximate surface area is 179 Å². The maximum absolute atomic E-state index is 12.3. The topological polar surface area (TPSA) is 80.3 Å². The van der Waals surface area contributed by atoms with E-state index in [-0.39, 0.29) is 13.2 Å². The predicted octanol–water partition coefficient (Wildman–Crippen LogP) is 2.94. The van der Waals surface area contributed by atoms with Crippen LogP contribution in [0, 0.1) is 6.92 Å². The van der Waals surface area contributed by atoms with E-state index >= 15 is 0 Å². The molecule has 0 N–H and O–H groups in total. The van der Waals surface area contributed by atoms with Crippen LogP contribution >= 0.6 is 0 Å². The molecule has 7 nitrogen and oxygen atoms in total. The first-order chi connectivity index (χ1) is 13.7. The van der Waals surface area contributed by atoms with Gasteiger partial charge in [0.15, 0.2) is 0 Å². The van der Waals surface area contributed by atoms with Gasteiger partial charge in [0.1, 0.15) is 12.2 Å². The first-order valence-electron chi connectivity index (χ1n) is 10.0. The second-order valence-electron chi connectivity index (χ2n) is 9.52. The molecular weight excluding hydrogens is 387 g/mol. The Bertz CT molecular complexity index is 792. The fourth-order valence-electron chi connectivity index (χ4n) is 3.04. The van der Waals surface area contributed by atoms with Crippen LogP contribution in [0.15, 0.2) is 12.1 Å². The summed E-state index contributed by atoms with van der Waals surface area (Å²) in [6, 6.07) is 3.57. The summed E-state index contributed by atoms with van der Waals surface area (Å²) in [6.07, 6.45) is 0. The number of hydrogen-bond donors (Lipinski definition) is 0. The first kappa shape index (κ1) is 24.4. The third-order valence-electron chi connectivity index (χ3n) is 5.33. The molecule has 30 heavy (non-hydrogen) atoms. The molecule has 166 valence electrons. The van der Waals surface area contributed by atoms with Crippen molar-refractivity contribution in [1.29, 1.82) is 0 Å². The SMILES string of the molecule is COC(=O)c1cc(COCC(=O)OC(C)(C)C)cc(B2OC(C)(C)C(C)(C)O2)c1C. The Balaban J connectivity index is 2.26. The highest BCUT2D eigenvalue weighted by atomic mass is 16.7. The van der Waals surface area contributed by atoms with Gasteiger partial charge in [-0.2, -0.15) is 0 Å². The molecule has 1 aliphatic heterocycles. The van der Waals surface area contributed by atoms with Gasteiger partial charge in [-0.05, 0) is 78.0 Å². The van der Waals surface area contributed by atoms with Crippen molar-refractivity contribution in [2.45, 2.75) is 78.8 Å². The lowest BCUT2D eigenvalue weighted by Gasteiger charge is -2.32. The lowest BCUT2D eigenvalue weighted by Crippen LogP contribution is -2.41. The van der Waals surface area contributed by atoms with Gasteiger partial charge in [0, 0.05) is 0 Å². The Kier molecular flexibility index (Phi) is 7.06. The molecule has 1 saturated heterocycles. The Hall–Kier alpha value is -1.90. The molecule has 0 aromatic heterocycles. The number of rotatable bonds is 6. The van der Waals surface area contributed by atoms with E-state index in [0.29, 0.717) is 11.1 Å². The van der Waals surface area contributed by atoms with Crippen molar-refractivity contribution in [3.63, 3.8) is 0 Å². The zero-order chi connectivity index (χ0) is 22.9. The lowest BCUT2D eigenvalue weighted by atomic mass is 9.74. The number of ether oxygens (including phenoxy) is 3. The van der Waals surface area contributed by atoms with Crippen LogP contribution < -0.4 is 5.46 Å². The van der Waals surface area contributed by atoms with E-state index in [4.69, 9.17) is 23.5 Å². The average Bonchev–Trinajstić information content (AvgIpc) is 2.81. The van der Waals surface area contributed by atoms with Gasteiger partial charge in [-0.25, -0.2) is 9.59 Å². The van der Waals surface area contributed by atoms with Crippen molar-refractivity contribution in [2.75, 3.05) is 13.7 Å². The normalized spacial score (nSPS) is 17.7. The summed E-state index contributed by atoms with van der Waals surface area (Å²) >= 11 is 0. The van der Waals surface area contributed by atoms with E-state index in [1.807, 2.05) is 40.7 Å². The minimum absolute atomic E-state index is 0.121. The second kappa shape index (κ2) is 8.69. The van der Waals surface area contributed by atoms with Crippen molar-refractivity contribution in [2.24, 2.45) is 0 Å². The molecule has 0 radical (unpaired) electrons. The van der Waals surface area contributed by atoms with Gasteiger partial charge >= 0.3 is 19.1 Å². The Morgan fingerprint density at radius 1 is 1.07 bits per heavy atom. The van der Waals surface area contributed by atoms with Crippen molar-refractivity contribution < 1.29 is 33.1 Å². The fourth-order valence-corrected chi connectivity index (χ4v) is 3.04. The molecule has 1 aromatic rings. The summed E-state index contributed by atoms with van der Waals surface area (Å²) < 4.78 is 28.0. The van der Waals surface area contributed by atoms with Gasteiger partial charge in [0.25, 0.3) is 0 Å². The third-order valence-corrected chi connectivity index (χ3v) is 5.33. The number of benzene rings is 1. The van der Waals surface area contributed by atoms with Gasteiger partial charge in [0.2, 0.25) is 0 Å². The number of hydrogen-bond acceptors (Lipinski definition) is 7. The van der Waals surface area contributed by atoms with Gasteiger partial charge in [-0.3, -0.25) is 0 Å². The van der Waals surface area contributed by atoms with Crippen molar-refractivity contribution in [1.82, 2.24) is 0 Å².